The molecule has 0 radical (unpaired) electrons. The zero-order valence-electron chi connectivity index (χ0n) is 30.8. The van der Waals surface area contributed by atoms with Crippen molar-refractivity contribution < 1.29 is 34.2 Å². The van der Waals surface area contributed by atoms with Crippen molar-refractivity contribution in [2.24, 2.45) is 17.6 Å². The maximum absolute atomic E-state index is 12.2. The zero-order valence-corrected chi connectivity index (χ0v) is 30.8. The number of carboxylic acids is 1. The van der Waals surface area contributed by atoms with Gasteiger partial charge in [-0.25, -0.2) is 0 Å². The van der Waals surface area contributed by atoms with Gasteiger partial charge in [0.2, 0.25) is 23.6 Å². The Kier molecular flexibility index (Phi) is 35.6. The third kappa shape index (κ3) is 36.0. The number of nitrogens with one attached hydrogen (secondary N) is 4. The number of aromatic hydroxyl groups is 1. The molecule has 274 valence electrons. The smallest absolute Gasteiger partial charge is 0.303 e. The van der Waals surface area contributed by atoms with Crippen molar-refractivity contribution in [1.29, 1.82) is 0 Å². The minimum Gasteiger partial charge on any atom is -0.508 e. The van der Waals surface area contributed by atoms with E-state index < -0.39 is 35.8 Å². The number of rotatable bonds is 14. The normalized spacial score (nSPS) is 11.1. The molecule has 12 heteroatoms. The maximum Gasteiger partial charge on any atom is 0.303 e. The Morgan fingerprint density at radius 3 is 1.79 bits per heavy atom. The van der Waals surface area contributed by atoms with Crippen LogP contribution >= 0.6 is 0 Å². The van der Waals surface area contributed by atoms with Gasteiger partial charge in [0.05, 0.1) is 13.1 Å². The molecule has 0 fully saturated rings. The first-order chi connectivity index (χ1) is 22.5. The molecule has 1 aromatic rings. The van der Waals surface area contributed by atoms with Crippen LogP contribution in [0.1, 0.15) is 87.6 Å². The largest absolute Gasteiger partial charge is 0.508 e. The number of carbonyl (C=O) groups excluding carboxylic acids is 4. The highest BCUT2D eigenvalue weighted by Gasteiger charge is 2.24. The fourth-order valence-electron chi connectivity index (χ4n) is 2.84. The van der Waals surface area contributed by atoms with Crippen LogP contribution in [-0.2, 0) is 30.5 Å². The first kappa shape index (κ1) is 50.4. The van der Waals surface area contributed by atoms with Gasteiger partial charge in [-0.15, -0.1) is 0 Å². The van der Waals surface area contributed by atoms with E-state index in [9.17, 15) is 29.1 Å². The topological polar surface area (TPSA) is 200 Å². The fraction of sp³-hybridized carbons (Fsp3) is 0.528. The summed E-state index contributed by atoms with van der Waals surface area (Å²) in [6.07, 6.45) is 9.80. The number of hydrogen-bond acceptors (Lipinski definition) is 7. The summed E-state index contributed by atoms with van der Waals surface area (Å²) < 4.78 is 0. The van der Waals surface area contributed by atoms with E-state index in [4.69, 9.17) is 10.8 Å². The SMILES string of the molecule is C=C/C=C\C=C/C.CC.CC(C)C.CC(CC(=O)NCc1ccc(O)cc1)NC(=O)CNC(=O)C(NC(=O)CN)C(C)C.CCC(=O)O. The number of allylic oxidation sites excluding steroid dienone is 5. The molecule has 0 saturated heterocycles. The Balaban J connectivity index is -0.000000439. The fourth-order valence-corrected chi connectivity index (χ4v) is 2.84. The molecule has 0 aliphatic heterocycles. The molecule has 2 unspecified atom stereocenters. The van der Waals surface area contributed by atoms with Crippen LogP contribution in [0.15, 0.2) is 61.2 Å². The van der Waals surface area contributed by atoms with Crippen molar-refractivity contribution >= 4 is 29.6 Å². The Bertz CT molecular complexity index is 1080. The molecule has 0 bridgehead atoms. The van der Waals surface area contributed by atoms with Gasteiger partial charge in [0.25, 0.3) is 0 Å². The summed E-state index contributed by atoms with van der Waals surface area (Å²) in [5, 5.41) is 27.3. The van der Waals surface area contributed by atoms with Gasteiger partial charge in [-0.2, -0.15) is 0 Å². The summed E-state index contributed by atoms with van der Waals surface area (Å²) in [6, 6.07) is 5.23. The average Bonchev–Trinajstić information content (AvgIpc) is 3.03. The number of amides is 4. The lowest BCUT2D eigenvalue weighted by Gasteiger charge is -2.21. The summed E-state index contributed by atoms with van der Waals surface area (Å²) >= 11 is 0. The van der Waals surface area contributed by atoms with Gasteiger partial charge in [-0.3, -0.25) is 24.0 Å². The number of phenols is 1. The summed E-state index contributed by atoms with van der Waals surface area (Å²) in [5.74, 6) is -1.58. The number of carboxylic acid groups (broad SMARTS) is 1. The van der Waals surface area contributed by atoms with Crippen LogP contribution in [0.25, 0.3) is 0 Å². The maximum atomic E-state index is 12.2. The molecule has 0 aliphatic rings. The Hall–Kier alpha value is -4.45. The van der Waals surface area contributed by atoms with E-state index >= 15 is 0 Å². The van der Waals surface area contributed by atoms with E-state index in [1.54, 1.807) is 45.9 Å². The van der Waals surface area contributed by atoms with Crippen molar-refractivity contribution in [1.82, 2.24) is 21.3 Å². The number of carbonyl (C=O) groups is 5. The second kappa shape index (κ2) is 33.9. The van der Waals surface area contributed by atoms with E-state index in [1.807, 2.05) is 45.1 Å². The first-order valence-electron chi connectivity index (χ1n) is 16.3. The molecular weight excluding hydrogens is 614 g/mol. The quantitative estimate of drug-likeness (QED) is 0.139. The van der Waals surface area contributed by atoms with Crippen molar-refractivity contribution in [2.75, 3.05) is 13.1 Å². The lowest BCUT2D eigenvalue weighted by atomic mass is 10.0. The van der Waals surface area contributed by atoms with Crippen LogP contribution in [0.4, 0.5) is 0 Å². The van der Waals surface area contributed by atoms with Crippen molar-refractivity contribution in [3.63, 3.8) is 0 Å². The molecule has 4 amide bonds. The lowest BCUT2D eigenvalue weighted by molar-refractivity contribution is -0.136. The van der Waals surface area contributed by atoms with Gasteiger partial charge in [-0.05, 0) is 43.4 Å². The molecule has 0 aliphatic carbocycles. The van der Waals surface area contributed by atoms with Crippen LogP contribution < -0.4 is 27.0 Å². The molecule has 1 rings (SSSR count). The Morgan fingerprint density at radius 2 is 1.38 bits per heavy atom. The number of nitrogens with two attached hydrogens (primary N) is 1. The van der Waals surface area contributed by atoms with E-state index in [0.29, 0.717) is 6.54 Å². The van der Waals surface area contributed by atoms with E-state index in [2.05, 4.69) is 48.6 Å². The molecule has 8 N–H and O–H groups in total. The van der Waals surface area contributed by atoms with E-state index in [0.717, 1.165) is 11.5 Å². The van der Waals surface area contributed by atoms with Gasteiger partial charge >= 0.3 is 5.97 Å². The van der Waals surface area contributed by atoms with Crippen LogP contribution in [0.3, 0.4) is 0 Å². The predicted octanol–water partition coefficient (Wildman–Crippen LogP) is 4.59. The standard InChI is InChI=1S/C20H31N5O5.C7H10.C4H10.C3H6O2.C2H6/c1-12(2)19(25-17(28)9-21)20(30)23-11-18(29)24-13(3)8-16(27)22-10-14-4-6-15(26)7-5-14;1-3-5-7-6-4-2;1-4(2)3;1-2-3(4)5;1-2/h4-7,12-13,19,26H,8-11,21H2,1-3H3,(H,22,27)(H,23,30)(H,24,29)(H,25,28);3-7H,1H2,2H3;4H,1-3H3;2H2,1H3,(H,4,5);1-2H3/b;6-4-,7-5-;;;. The number of hydrogen-bond donors (Lipinski definition) is 7. The average molecular weight is 678 g/mol. The Labute approximate surface area is 288 Å². The molecule has 1 aromatic carbocycles. The molecule has 0 heterocycles. The molecule has 12 nitrogen and oxygen atoms in total. The summed E-state index contributed by atoms with van der Waals surface area (Å²) in [4.78, 5) is 57.1. The van der Waals surface area contributed by atoms with Gasteiger partial charge in [0, 0.05) is 25.4 Å². The second-order valence-electron chi connectivity index (χ2n) is 11.0. The first-order valence-corrected chi connectivity index (χ1v) is 16.3. The zero-order chi connectivity index (χ0) is 38.1. The summed E-state index contributed by atoms with van der Waals surface area (Å²) in [7, 11) is 0. The number of benzene rings is 1. The monoisotopic (exact) mass is 677 g/mol. The molecule has 48 heavy (non-hydrogen) atoms. The highest BCUT2D eigenvalue weighted by atomic mass is 16.4. The van der Waals surface area contributed by atoms with Crippen LogP contribution in [0.5, 0.6) is 5.75 Å². The predicted molar refractivity (Wildman–Crippen MR) is 195 cm³/mol. The molecule has 0 spiro atoms. The minimum atomic E-state index is -0.794. The highest BCUT2D eigenvalue weighted by molar-refractivity contribution is 5.91. The Morgan fingerprint density at radius 1 is 0.854 bits per heavy atom. The van der Waals surface area contributed by atoms with Crippen molar-refractivity contribution in [3.05, 3.63) is 66.8 Å². The molecule has 0 aromatic heterocycles. The summed E-state index contributed by atoms with van der Waals surface area (Å²) in [5.41, 5.74) is 6.08. The van der Waals surface area contributed by atoms with Crippen LogP contribution in [-0.4, -0.2) is 65.0 Å². The van der Waals surface area contributed by atoms with Gasteiger partial charge in [0.15, 0.2) is 0 Å². The van der Waals surface area contributed by atoms with E-state index in [-0.39, 0.29) is 43.5 Å². The molecular formula is C36H63N5O7. The van der Waals surface area contributed by atoms with Gasteiger partial charge in [0.1, 0.15) is 11.8 Å². The second-order valence-corrected chi connectivity index (χ2v) is 11.0. The van der Waals surface area contributed by atoms with Gasteiger partial charge in [-0.1, -0.05) is 104 Å². The third-order valence-electron chi connectivity index (χ3n) is 5.05. The lowest BCUT2D eigenvalue weighted by Crippen LogP contribution is -2.53. The minimum absolute atomic E-state index is 0.0684. The van der Waals surface area contributed by atoms with Crippen molar-refractivity contribution in [3.8, 4) is 5.75 Å². The summed E-state index contributed by atoms with van der Waals surface area (Å²) in [6.45, 7) is 22.6. The third-order valence-corrected chi connectivity index (χ3v) is 5.05. The van der Waals surface area contributed by atoms with Crippen molar-refractivity contribution in [2.45, 2.75) is 101 Å². The van der Waals surface area contributed by atoms with E-state index in [1.165, 1.54) is 12.1 Å². The number of aliphatic carboxylic acids is 1. The molecule has 0 saturated carbocycles. The van der Waals surface area contributed by atoms with Crippen LogP contribution in [0.2, 0.25) is 0 Å². The number of phenolic OH excluding ortho intramolecular Hbond substituents is 1. The van der Waals surface area contributed by atoms with Gasteiger partial charge < -0.3 is 37.2 Å². The van der Waals surface area contributed by atoms with Crippen LogP contribution in [0, 0.1) is 11.8 Å². The highest BCUT2D eigenvalue weighted by Crippen LogP contribution is 2.09. The molecule has 2 atom stereocenters.